The maximum Gasteiger partial charge on any atom is 0.238 e. The predicted molar refractivity (Wildman–Crippen MR) is 81.7 cm³/mol. The molecule has 1 saturated heterocycles. The summed E-state index contributed by atoms with van der Waals surface area (Å²) in [5.41, 5.74) is 0.917. The van der Waals surface area contributed by atoms with Gasteiger partial charge in [0.25, 0.3) is 0 Å². The van der Waals surface area contributed by atoms with Crippen LogP contribution in [-0.4, -0.2) is 31.1 Å². The Balaban J connectivity index is 1.84. The molecule has 1 fully saturated rings. The van der Waals surface area contributed by atoms with Crippen LogP contribution >= 0.6 is 22.6 Å². The zero-order valence-corrected chi connectivity index (χ0v) is 12.6. The Bertz CT molecular complexity index is 430. The van der Waals surface area contributed by atoms with Crippen molar-refractivity contribution in [3.63, 3.8) is 0 Å². The second-order valence-electron chi connectivity index (χ2n) is 4.87. The van der Waals surface area contributed by atoms with Crippen LogP contribution in [0.25, 0.3) is 0 Å². The van der Waals surface area contributed by atoms with Gasteiger partial charge < -0.3 is 16.0 Å². The van der Waals surface area contributed by atoms with E-state index < -0.39 is 0 Å². The Morgan fingerprint density at radius 2 is 2.28 bits per heavy atom. The van der Waals surface area contributed by atoms with Crippen LogP contribution in [0, 0.1) is 3.57 Å². The lowest BCUT2D eigenvalue weighted by atomic mass is 10.0. The van der Waals surface area contributed by atoms with E-state index in [2.05, 4.69) is 45.5 Å². The molecule has 5 heteroatoms. The number of carbonyl (C=O) groups excluding carboxylic acids is 1. The van der Waals surface area contributed by atoms with Crippen LogP contribution in [0.3, 0.4) is 0 Å². The standard InChI is InChI=1S/C13H18IN3O/c1-13(6-7-15-9-13)16-8-12(18)17-11-5-3-2-4-10(11)14/h2-5,15-16H,6-9H2,1H3,(H,17,18). The number of hydrogen-bond acceptors (Lipinski definition) is 3. The summed E-state index contributed by atoms with van der Waals surface area (Å²) in [5.74, 6) is 0.00670. The molecule has 4 nitrogen and oxygen atoms in total. The highest BCUT2D eigenvalue weighted by molar-refractivity contribution is 14.1. The van der Waals surface area contributed by atoms with Crippen molar-refractivity contribution >= 4 is 34.2 Å². The summed E-state index contributed by atoms with van der Waals surface area (Å²) in [6.45, 7) is 4.43. The Morgan fingerprint density at radius 3 is 2.94 bits per heavy atom. The van der Waals surface area contributed by atoms with Crippen molar-refractivity contribution in [3.05, 3.63) is 27.8 Å². The Kier molecular flexibility index (Phi) is 4.58. The Hall–Kier alpha value is -0.660. The van der Waals surface area contributed by atoms with Crippen molar-refractivity contribution in [2.45, 2.75) is 18.9 Å². The third-order valence-corrected chi connectivity index (χ3v) is 4.13. The first-order valence-corrected chi connectivity index (χ1v) is 7.17. The smallest absolute Gasteiger partial charge is 0.238 e. The fourth-order valence-electron chi connectivity index (χ4n) is 2.02. The second-order valence-corrected chi connectivity index (χ2v) is 6.03. The molecule has 1 unspecified atom stereocenters. The first-order chi connectivity index (χ1) is 8.59. The van der Waals surface area contributed by atoms with Crippen LogP contribution in [-0.2, 0) is 4.79 Å². The number of nitrogens with one attached hydrogen (secondary N) is 3. The molecule has 98 valence electrons. The normalized spacial score (nSPS) is 23.0. The maximum atomic E-state index is 11.9. The van der Waals surface area contributed by atoms with Crippen molar-refractivity contribution < 1.29 is 4.79 Å². The summed E-state index contributed by atoms with van der Waals surface area (Å²) in [6.07, 6.45) is 1.06. The molecule has 0 bridgehead atoms. The number of carbonyl (C=O) groups is 1. The van der Waals surface area contributed by atoms with Crippen LogP contribution in [0.1, 0.15) is 13.3 Å². The molecule has 1 aromatic carbocycles. The van der Waals surface area contributed by atoms with Gasteiger partial charge in [-0.05, 0) is 54.6 Å². The number of benzene rings is 1. The molecule has 0 aromatic heterocycles. The summed E-state index contributed by atoms with van der Waals surface area (Å²) in [6, 6.07) is 7.78. The summed E-state index contributed by atoms with van der Waals surface area (Å²) >= 11 is 2.22. The van der Waals surface area contributed by atoms with E-state index in [1.54, 1.807) is 0 Å². The van der Waals surface area contributed by atoms with Crippen molar-refractivity contribution in [2.75, 3.05) is 25.0 Å². The summed E-state index contributed by atoms with van der Waals surface area (Å²) in [4.78, 5) is 11.9. The predicted octanol–water partition coefficient (Wildman–Crippen LogP) is 1.57. The van der Waals surface area contributed by atoms with Gasteiger partial charge in [-0.25, -0.2) is 0 Å². The highest BCUT2D eigenvalue weighted by atomic mass is 127. The lowest BCUT2D eigenvalue weighted by Crippen LogP contribution is -2.47. The number of para-hydroxylation sites is 1. The van der Waals surface area contributed by atoms with Crippen LogP contribution in [0.15, 0.2) is 24.3 Å². The quantitative estimate of drug-likeness (QED) is 0.716. The minimum Gasteiger partial charge on any atom is -0.324 e. The van der Waals surface area contributed by atoms with Crippen molar-refractivity contribution in [2.24, 2.45) is 0 Å². The largest absolute Gasteiger partial charge is 0.324 e. The van der Waals surface area contributed by atoms with E-state index in [0.717, 1.165) is 28.8 Å². The number of rotatable bonds is 4. The number of amides is 1. The Morgan fingerprint density at radius 1 is 1.50 bits per heavy atom. The minimum atomic E-state index is 0.00670. The van der Waals surface area contributed by atoms with Crippen LogP contribution in [0.2, 0.25) is 0 Å². The van der Waals surface area contributed by atoms with Gasteiger partial charge in [0.2, 0.25) is 5.91 Å². The van der Waals surface area contributed by atoms with E-state index in [-0.39, 0.29) is 11.4 Å². The first-order valence-electron chi connectivity index (χ1n) is 6.09. The van der Waals surface area contributed by atoms with Gasteiger partial charge in [0, 0.05) is 15.7 Å². The van der Waals surface area contributed by atoms with Crippen LogP contribution < -0.4 is 16.0 Å². The van der Waals surface area contributed by atoms with Crippen LogP contribution in [0.4, 0.5) is 5.69 Å². The third-order valence-electron chi connectivity index (χ3n) is 3.19. The lowest BCUT2D eigenvalue weighted by Gasteiger charge is -2.24. The van der Waals surface area contributed by atoms with Crippen molar-refractivity contribution in [3.8, 4) is 0 Å². The van der Waals surface area contributed by atoms with Gasteiger partial charge in [-0.2, -0.15) is 0 Å². The monoisotopic (exact) mass is 359 g/mol. The second kappa shape index (κ2) is 5.99. The molecule has 1 amide bonds. The maximum absolute atomic E-state index is 11.9. The fraction of sp³-hybridized carbons (Fsp3) is 0.462. The summed E-state index contributed by atoms with van der Waals surface area (Å²) in [7, 11) is 0. The molecule has 0 aliphatic carbocycles. The number of anilines is 1. The molecule has 1 aliphatic heterocycles. The van der Waals surface area contributed by atoms with Crippen molar-refractivity contribution in [1.82, 2.24) is 10.6 Å². The zero-order valence-electron chi connectivity index (χ0n) is 10.4. The van der Waals surface area contributed by atoms with Gasteiger partial charge in [-0.1, -0.05) is 12.1 Å². The summed E-state index contributed by atoms with van der Waals surface area (Å²) < 4.78 is 1.05. The minimum absolute atomic E-state index is 0.00670. The molecule has 1 aromatic rings. The Labute approximate surface area is 121 Å². The molecule has 0 radical (unpaired) electrons. The number of hydrogen-bond donors (Lipinski definition) is 3. The highest BCUT2D eigenvalue weighted by Crippen LogP contribution is 2.17. The first kappa shape index (κ1) is 13.8. The van der Waals surface area contributed by atoms with E-state index >= 15 is 0 Å². The highest BCUT2D eigenvalue weighted by Gasteiger charge is 2.28. The van der Waals surface area contributed by atoms with Gasteiger partial charge in [0.1, 0.15) is 0 Å². The molecule has 0 saturated carbocycles. The van der Waals surface area contributed by atoms with Crippen LogP contribution in [0.5, 0.6) is 0 Å². The third kappa shape index (κ3) is 3.66. The molecule has 0 spiro atoms. The van der Waals surface area contributed by atoms with Gasteiger partial charge in [-0.3, -0.25) is 4.79 Å². The van der Waals surface area contributed by atoms with E-state index in [1.807, 2.05) is 24.3 Å². The topological polar surface area (TPSA) is 53.2 Å². The van der Waals surface area contributed by atoms with E-state index in [1.165, 1.54) is 0 Å². The molecule has 3 N–H and O–H groups in total. The van der Waals surface area contributed by atoms with E-state index in [4.69, 9.17) is 0 Å². The van der Waals surface area contributed by atoms with Gasteiger partial charge >= 0.3 is 0 Å². The molecule has 2 rings (SSSR count). The molecule has 1 atom stereocenters. The van der Waals surface area contributed by atoms with E-state index in [0.29, 0.717) is 6.54 Å². The number of halogens is 1. The van der Waals surface area contributed by atoms with Gasteiger partial charge in [0.05, 0.1) is 12.2 Å². The van der Waals surface area contributed by atoms with Gasteiger partial charge in [-0.15, -0.1) is 0 Å². The van der Waals surface area contributed by atoms with Crippen molar-refractivity contribution in [1.29, 1.82) is 0 Å². The van der Waals surface area contributed by atoms with E-state index in [9.17, 15) is 4.79 Å². The molecular weight excluding hydrogens is 341 g/mol. The average Bonchev–Trinajstić information content (AvgIpc) is 2.77. The molecule has 1 heterocycles. The molecular formula is C13H18IN3O. The fourth-order valence-corrected chi connectivity index (χ4v) is 2.54. The SMILES string of the molecule is CC1(NCC(=O)Nc2ccccc2I)CCNC1. The molecule has 1 aliphatic rings. The van der Waals surface area contributed by atoms with Gasteiger partial charge in [0.15, 0.2) is 0 Å². The summed E-state index contributed by atoms with van der Waals surface area (Å²) in [5, 5.41) is 9.54. The molecule has 18 heavy (non-hydrogen) atoms. The zero-order chi connectivity index (χ0) is 13.0. The average molecular weight is 359 g/mol. The lowest BCUT2D eigenvalue weighted by molar-refractivity contribution is -0.115.